The molecule has 0 amide bonds. The van der Waals surface area contributed by atoms with Crippen molar-refractivity contribution < 1.29 is 17.9 Å². The van der Waals surface area contributed by atoms with E-state index in [1.165, 1.54) is 33.0 Å². The van der Waals surface area contributed by atoms with Gasteiger partial charge in [0, 0.05) is 32.2 Å². The van der Waals surface area contributed by atoms with Gasteiger partial charge in [-0.05, 0) is 56.2 Å². The summed E-state index contributed by atoms with van der Waals surface area (Å²) in [6.07, 6.45) is 4.47. The maximum atomic E-state index is 13.0. The molecule has 2 aliphatic rings. The second-order valence-corrected chi connectivity index (χ2v) is 9.81. The fourth-order valence-corrected chi connectivity index (χ4v) is 5.76. The average molecular weight is 397 g/mol. The van der Waals surface area contributed by atoms with Gasteiger partial charge >= 0.3 is 0 Å². The van der Waals surface area contributed by atoms with Gasteiger partial charge in [0.1, 0.15) is 0 Å². The Labute approximate surface area is 163 Å². The second-order valence-electron chi connectivity index (χ2n) is 7.87. The third kappa shape index (κ3) is 4.76. The van der Waals surface area contributed by atoms with Crippen LogP contribution in [0, 0.1) is 11.8 Å². The number of ether oxygens (including phenoxy) is 2. The van der Waals surface area contributed by atoms with E-state index in [2.05, 4.69) is 11.8 Å². The first-order chi connectivity index (χ1) is 12.9. The van der Waals surface area contributed by atoms with Crippen LogP contribution in [0.4, 0.5) is 0 Å². The lowest BCUT2D eigenvalue weighted by Gasteiger charge is -2.37. The van der Waals surface area contributed by atoms with Gasteiger partial charge in [-0.1, -0.05) is 6.92 Å². The Morgan fingerprint density at radius 1 is 1.04 bits per heavy atom. The molecule has 1 aromatic carbocycles. The molecule has 2 saturated heterocycles. The maximum Gasteiger partial charge on any atom is 0.243 e. The highest BCUT2D eigenvalue weighted by molar-refractivity contribution is 7.89. The predicted octanol–water partition coefficient (Wildman–Crippen LogP) is 2.84. The SMILES string of the molecule is COc1ccc(S(=O)(=O)N2CCC(CN3CCC[C@@H](C)C3)CC2)cc1OC. The number of hydrogen-bond donors (Lipinski definition) is 0. The molecule has 3 rings (SSSR count). The van der Waals surface area contributed by atoms with Gasteiger partial charge in [-0.3, -0.25) is 0 Å². The molecule has 6 nitrogen and oxygen atoms in total. The molecule has 0 aromatic heterocycles. The smallest absolute Gasteiger partial charge is 0.243 e. The van der Waals surface area contributed by atoms with Crippen molar-refractivity contribution in [2.45, 2.75) is 37.5 Å². The van der Waals surface area contributed by atoms with E-state index in [0.717, 1.165) is 25.3 Å². The topological polar surface area (TPSA) is 59.1 Å². The van der Waals surface area contributed by atoms with Crippen LogP contribution in [0.2, 0.25) is 0 Å². The molecule has 0 N–H and O–H groups in total. The normalized spacial score (nSPS) is 23.3. The molecular weight excluding hydrogens is 364 g/mol. The highest BCUT2D eigenvalue weighted by Gasteiger charge is 2.31. The van der Waals surface area contributed by atoms with E-state index < -0.39 is 10.0 Å². The van der Waals surface area contributed by atoms with Crippen molar-refractivity contribution in [1.82, 2.24) is 9.21 Å². The van der Waals surface area contributed by atoms with E-state index in [9.17, 15) is 8.42 Å². The van der Waals surface area contributed by atoms with Gasteiger partial charge in [0.2, 0.25) is 10.0 Å². The molecule has 0 spiro atoms. The molecule has 0 bridgehead atoms. The van der Waals surface area contributed by atoms with Crippen molar-refractivity contribution in [2.75, 3.05) is 46.9 Å². The Morgan fingerprint density at radius 2 is 1.74 bits per heavy atom. The zero-order valence-corrected chi connectivity index (χ0v) is 17.5. The zero-order valence-electron chi connectivity index (χ0n) is 16.7. The van der Waals surface area contributed by atoms with Crippen molar-refractivity contribution in [3.8, 4) is 11.5 Å². The number of methoxy groups -OCH3 is 2. The van der Waals surface area contributed by atoms with Crippen LogP contribution in [0.15, 0.2) is 23.1 Å². The van der Waals surface area contributed by atoms with Gasteiger partial charge in [0.05, 0.1) is 19.1 Å². The summed E-state index contributed by atoms with van der Waals surface area (Å²) in [4.78, 5) is 2.83. The van der Waals surface area contributed by atoms with Gasteiger partial charge in [0.25, 0.3) is 0 Å². The Kier molecular flexibility index (Phi) is 6.65. The van der Waals surface area contributed by atoms with Crippen LogP contribution in [0.1, 0.15) is 32.6 Å². The number of benzene rings is 1. The predicted molar refractivity (Wildman–Crippen MR) is 106 cm³/mol. The fraction of sp³-hybridized carbons (Fsp3) is 0.700. The Bertz CT molecular complexity index is 729. The molecule has 27 heavy (non-hydrogen) atoms. The third-order valence-electron chi connectivity index (χ3n) is 5.82. The van der Waals surface area contributed by atoms with Crippen LogP contribution < -0.4 is 9.47 Å². The number of likely N-dealkylation sites (tertiary alicyclic amines) is 1. The van der Waals surface area contributed by atoms with Gasteiger partial charge in [-0.15, -0.1) is 0 Å². The summed E-state index contributed by atoms with van der Waals surface area (Å²) < 4.78 is 38.1. The molecule has 2 heterocycles. The van der Waals surface area contributed by atoms with E-state index in [1.54, 1.807) is 29.6 Å². The summed E-state index contributed by atoms with van der Waals surface area (Å²) >= 11 is 0. The lowest BCUT2D eigenvalue weighted by atomic mass is 9.94. The molecule has 152 valence electrons. The van der Waals surface area contributed by atoms with Crippen molar-refractivity contribution in [3.05, 3.63) is 18.2 Å². The van der Waals surface area contributed by atoms with E-state index in [0.29, 0.717) is 30.5 Å². The Balaban J connectivity index is 1.61. The van der Waals surface area contributed by atoms with Crippen LogP contribution >= 0.6 is 0 Å². The summed E-state index contributed by atoms with van der Waals surface area (Å²) in [6.45, 7) is 6.98. The molecule has 0 aliphatic carbocycles. The summed E-state index contributed by atoms with van der Waals surface area (Å²) in [7, 11) is -0.444. The Hall–Kier alpha value is -1.31. The molecule has 2 aliphatic heterocycles. The lowest BCUT2D eigenvalue weighted by Crippen LogP contribution is -2.43. The van der Waals surface area contributed by atoms with Crippen LogP contribution in [-0.2, 0) is 10.0 Å². The molecule has 0 unspecified atom stereocenters. The molecule has 1 atom stereocenters. The lowest BCUT2D eigenvalue weighted by molar-refractivity contribution is 0.136. The monoisotopic (exact) mass is 396 g/mol. The average Bonchev–Trinajstić information content (AvgIpc) is 2.68. The first-order valence-corrected chi connectivity index (χ1v) is 11.3. The number of nitrogens with zero attached hydrogens (tertiary/aromatic N) is 2. The van der Waals surface area contributed by atoms with Crippen molar-refractivity contribution >= 4 is 10.0 Å². The van der Waals surface area contributed by atoms with Crippen LogP contribution in [0.25, 0.3) is 0 Å². The summed E-state index contributed by atoms with van der Waals surface area (Å²) in [5.41, 5.74) is 0. The van der Waals surface area contributed by atoms with Crippen LogP contribution in [0.3, 0.4) is 0 Å². The number of rotatable bonds is 6. The van der Waals surface area contributed by atoms with Crippen LogP contribution in [-0.4, -0.2) is 64.6 Å². The van der Waals surface area contributed by atoms with Gasteiger partial charge in [0.15, 0.2) is 11.5 Å². The fourth-order valence-electron chi connectivity index (χ4n) is 4.28. The standard InChI is InChI=1S/C20H32N2O4S/c1-16-5-4-10-21(14-16)15-17-8-11-22(12-9-17)27(23,24)18-6-7-19(25-2)20(13-18)26-3/h6-7,13,16-17H,4-5,8-12,14-15H2,1-3H3/t16-/m1/s1. The molecule has 0 saturated carbocycles. The number of piperidine rings is 2. The number of hydrogen-bond acceptors (Lipinski definition) is 5. The summed E-state index contributed by atoms with van der Waals surface area (Å²) in [5.74, 6) is 2.34. The second kappa shape index (κ2) is 8.80. The zero-order chi connectivity index (χ0) is 19.4. The minimum absolute atomic E-state index is 0.267. The quantitative estimate of drug-likeness (QED) is 0.740. The molecule has 2 fully saturated rings. The summed E-state index contributed by atoms with van der Waals surface area (Å²) in [6, 6.07) is 4.79. The largest absolute Gasteiger partial charge is 0.493 e. The minimum atomic E-state index is -3.50. The van der Waals surface area contributed by atoms with Gasteiger partial charge < -0.3 is 14.4 Å². The van der Waals surface area contributed by atoms with Crippen molar-refractivity contribution in [1.29, 1.82) is 0 Å². The van der Waals surface area contributed by atoms with E-state index in [1.807, 2.05) is 0 Å². The van der Waals surface area contributed by atoms with Crippen molar-refractivity contribution in [3.63, 3.8) is 0 Å². The van der Waals surface area contributed by atoms with Gasteiger partial charge in [-0.25, -0.2) is 8.42 Å². The first kappa shape index (κ1) is 20.4. The molecular formula is C20H32N2O4S. The van der Waals surface area contributed by atoms with Gasteiger partial charge in [-0.2, -0.15) is 4.31 Å². The molecule has 1 aromatic rings. The molecule has 7 heteroatoms. The number of sulfonamides is 1. The maximum absolute atomic E-state index is 13.0. The molecule has 0 radical (unpaired) electrons. The summed E-state index contributed by atoms with van der Waals surface area (Å²) in [5, 5.41) is 0. The third-order valence-corrected chi connectivity index (χ3v) is 7.72. The highest BCUT2D eigenvalue weighted by Crippen LogP contribution is 2.32. The van der Waals surface area contributed by atoms with E-state index in [4.69, 9.17) is 9.47 Å². The highest BCUT2D eigenvalue weighted by atomic mass is 32.2. The van der Waals surface area contributed by atoms with E-state index >= 15 is 0 Å². The Morgan fingerprint density at radius 3 is 2.37 bits per heavy atom. The first-order valence-electron chi connectivity index (χ1n) is 9.88. The van der Waals surface area contributed by atoms with Crippen molar-refractivity contribution in [2.24, 2.45) is 11.8 Å². The van der Waals surface area contributed by atoms with Crippen LogP contribution in [0.5, 0.6) is 11.5 Å². The van der Waals surface area contributed by atoms with E-state index in [-0.39, 0.29) is 4.90 Å². The minimum Gasteiger partial charge on any atom is -0.493 e.